The molecule has 0 radical (unpaired) electrons. The number of nitrogens with one attached hydrogen (secondary N) is 10. The molecule has 8 unspecified atom stereocenters. The first kappa shape index (κ1) is 95.7. The van der Waals surface area contributed by atoms with Gasteiger partial charge in [0.05, 0.1) is 5.39 Å². The number of likely N-dealkylation sites (tertiary alicyclic amines) is 5. The minimum atomic E-state index is -1.16. The van der Waals surface area contributed by atoms with Crippen LogP contribution in [0.3, 0.4) is 0 Å². The number of rotatable bonds is 22. The molecule has 5 amide bonds. The zero-order valence-corrected chi connectivity index (χ0v) is 77.9. The van der Waals surface area contributed by atoms with Crippen molar-refractivity contribution < 1.29 is 46.3 Å². The second-order valence-corrected chi connectivity index (χ2v) is 39.5. The Bertz CT molecular complexity index is 5650. The van der Waals surface area contributed by atoms with Gasteiger partial charge in [-0.2, -0.15) is 0 Å². The molecule has 10 aromatic heterocycles. The Morgan fingerprint density at radius 1 is 0.414 bits per heavy atom. The number of nitrogens with zero attached hydrogens (tertiary/aromatic N) is 11. The van der Waals surface area contributed by atoms with Gasteiger partial charge in [0.1, 0.15) is 63.1 Å². The molecule has 20 atom stereocenters. The SMILES string of the molecule is C.C=C(C)C(=O)N1CC(Nc2ncnc3[nH]cc([C@@H]4CC4(C)F)c23)CC[C@@H]1C.C=CC(=O)N1C[C@H](Nc2ccnc3[nH]cc(C4CC4(C)F)c23)CC[C@@H]1C.C=CC(=O)N1C[C@H](Nc2ccnc3[nH]cc(C4CC4COC)c23)CC[C@@H]1C.C=CC(=O)N1C[C@H](Nc2ccnc3[nH]cc([C@@H]4CC4(C)F)c23)CC[C@@H]1C.C=CC(=O)N1C[C@H](Nc2ccnc3[nH]cc([C@H]4CC4(C)F)c23)CC[C@@H]1C. The maximum Gasteiger partial charge on any atom is 0.249 e. The van der Waals surface area contributed by atoms with Crippen LogP contribution in [0.5, 0.6) is 0 Å². The van der Waals surface area contributed by atoms with Gasteiger partial charge >= 0.3 is 0 Å². The first-order chi connectivity index (χ1) is 63.1. The van der Waals surface area contributed by atoms with E-state index in [1.54, 1.807) is 60.3 Å². The number of ether oxygens (including phenoxy) is 1. The highest BCUT2D eigenvalue weighted by atomic mass is 19.2. The molecule has 15 heterocycles. The zero-order chi connectivity index (χ0) is 93.7. The van der Waals surface area contributed by atoms with Gasteiger partial charge in [0.15, 0.2) is 0 Å². The number of hydrogen-bond acceptors (Lipinski definition) is 17. The van der Waals surface area contributed by atoms with E-state index in [1.165, 1.54) is 41.6 Å². The number of halogens is 4. The molecule has 5 saturated heterocycles. The molecule has 27 nitrogen and oxygen atoms in total. The van der Waals surface area contributed by atoms with Crippen LogP contribution in [0.4, 0.5) is 46.1 Å². The molecule has 31 heteroatoms. The number of pyridine rings is 4. The lowest BCUT2D eigenvalue weighted by Crippen LogP contribution is -2.50. The van der Waals surface area contributed by atoms with Crippen molar-refractivity contribution >= 4 is 113 Å². The smallest absolute Gasteiger partial charge is 0.249 e. The van der Waals surface area contributed by atoms with Crippen LogP contribution in [0.1, 0.15) is 230 Å². The van der Waals surface area contributed by atoms with Gasteiger partial charge in [-0.15, -0.1) is 0 Å². The standard InChI is InChI=1S/C21H28N4O2.C20H26FN5O.3C20H25FN4O.CH4/c1-4-19(26)25-11-15(6-5-13(25)2)24-18-7-8-22-21-20(18)17(10-23-21)16-9-14(16)12-27-3;1-11(2)19(27)26-9-13(6-5-12(26)3)25-18-16-14(15-7-20(15,4)21)8-22-17(16)23-10-24-18;3*1-4-17(26)25-11-13(6-5-12(25)2)24-16-7-8-22-19-18(16)14(10-23-19)15-9-20(15,3)21;/h4,7-8,10,13-16H,1,5-6,9,11-12H2,2-3H3,(H2,22,23,24);8,10,12-13,15H,1,5-7,9H2,2-4H3,(H2,22,23,24,25);3*4,7-8,10,12-13,15H,1,5-6,9,11H2,2-3H3,(H2,22,23,24);1H4/t13-,14?,15+,16?;12-,13?,15-,20?;12-,13+,15?,20?;12-,13+,15+,20?;12-,13+,15-,20?;/m00000./s1. The molecule has 0 spiro atoms. The van der Waals surface area contributed by atoms with Crippen LogP contribution < -0.4 is 26.6 Å². The monoisotopic (exact) mass is 1820 g/mol. The Kier molecular flexibility index (Phi) is 28.0. The molecule has 0 aromatic carbocycles. The van der Waals surface area contributed by atoms with Crippen molar-refractivity contribution in [2.45, 2.75) is 286 Å². The number of hydrogen-bond donors (Lipinski definition) is 10. The summed E-state index contributed by atoms with van der Waals surface area (Å²) in [5.41, 5.74) is 9.15. The van der Waals surface area contributed by atoms with Crippen LogP contribution in [0, 0.1) is 5.92 Å². The highest BCUT2D eigenvalue weighted by Crippen LogP contribution is 2.60. The molecule has 10 fully saturated rings. The van der Waals surface area contributed by atoms with Gasteiger partial charge in [-0.3, -0.25) is 24.0 Å². The Hall–Kier alpha value is -11.9. The van der Waals surface area contributed by atoms with Crippen LogP contribution in [-0.4, -0.2) is 238 Å². The molecule has 5 aliphatic carbocycles. The van der Waals surface area contributed by atoms with Crippen molar-refractivity contribution in [2.75, 3.05) is 73.0 Å². The molecule has 10 N–H and O–H groups in total. The normalized spacial score (nSPS) is 30.0. The Morgan fingerprint density at radius 3 is 0.962 bits per heavy atom. The maximum absolute atomic E-state index is 14.3. The fourth-order valence-corrected chi connectivity index (χ4v) is 20.8. The fourth-order valence-electron chi connectivity index (χ4n) is 20.8. The van der Waals surface area contributed by atoms with E-state index in [-0.39, 0.29) is 121 Å². The second kappa shape index (κ2) is 39.0. The summed E-state index contributed by atoms with van der Waals surface area (Å²) in [6.07, 6.45) is 36.8. The topological polar surface area (TPSA) is 327 Å². The first-order valence-electron chi connectivity index (χ1n) is 47.0. The van der Waals surface area contributed by atoms with Crippen molar-refractivity contribution in [1.82, 2.24) is 79.3 Å². The van der Waals surface area contributed by atoms with Crippen molar-refractivity contribution in [3.05, 3.63) is 177 Å². The fraction of sp³-hybridized carbons (Fsp3) is 0.520. The summed E-state index contributed by atoms with van der Waals surface area (Å²) in [7, 11) is 1.76. The number of aromatic nitrogens is 11. The van der Waals surface area contributed by atoms with E-state index in [2.05, 4.69) is 155 Å². The summed E-state index contributed by atoms with van der Waals surface area (Å²) < 4.78 is 62.4. The summed E-state index contributed by atoms with van der Waals surface area (Å²) >= 11 is 0. The molecule has 5 saturated carbocycles. The molecule has 20 rings (SSSR count). The van der Waals surface area contributed by atoms with Gasteiger partial charge in [0.2, 0.25) is 29.5 Å². The quantitative estimate of drug-likeness (QED) is 0.0223. The van der Waals surface area contributed by atoms with E-state index in [0.717, 1.165) is 166 Å². The summed E-state index contributed by atoms with van der Waals surface area (Å²) in [5, 5.41) is 22.9. The largest absolute Gasteiger partial charge is 0.384 e. The number of carbonyl (C=O) groups excluding carboxylic acids is 5. The lowest BCUT2D eigenvalue weighted by molar-refractivity contribution is -0.131. The average molecular weight is 1830 g/mol. The van der Waals surface area contributed by atoms with E-state index in [0.29, 0.717) is 87.3 Å². The Balaban J connectivity index is 0.000000127. The third-order valence-corrected chi connectivity index (χ3v) is 29.4. The van der Waals surface area contributed by atoms with Gasteiger partial charge in [-0.1, -0.05) is 40.3 Å². The van der Waals surface area contributed by atoms with E-state index < -0.39 is 22.7 Å². The summed E-state index contributed by atoms with van der Waals surface area (Å²) in [6, 6.07) is 9.75. The molecule has 0 bridgehead atoms. The van der Waals surface area contributed by atoms with Gasteiger partial charge < -0.3 is 80.7 Å². The van der Waals surface area contributed by atoms with Gasteiger partial charge in [0.25, 0.3) is 0 Å². The number of alkyl halides is 4. The number of piperidine rings is 5. The van der Waals surface area contributed by atoms with Crippen LogP contribution in [-0.2, 0) is 28.7 Å². The van der Waals surface area contributed by atoms with E-state index in [4.69, 9.17) is 4.74 Å². The second-order valence-electron chi connectivity index (χ2n) is 39.5. The van der Waals surface area contributed by atoms with Gasteiger partial charge in [-0.05, 0) is 254 Å². The third-order valence-electron chi connectivity index (χ3n) is 29.4. The van der Waals surface area contributed by atoms with Crippen LogP contribution in [0.25, 0.3) is 55.2 Å². The maximum atomic E-state index is 14.3. The summed E-state index contributed by atoms with van der Waals surface area (Å²) in [5.74, 6) is 1.40. The number of aromatic amines is 5. The minimum absolute atomic E-state index is 0. The van der Waals surface area contributed by atoms with Crippen LogP contribution in [0.2, 0.25) is 0 Å². The van der Waals surface area contributed by atoms with E-state index in [1.807, 2.05) is 79.7 Å². The minimum Gasteiger partial charge on any atom is -0.384 e. The predicted molar refractivity (Wildman–Crippen MR) is 520 cm³/mol. The zero-order valence-electron chi connectivity index (χ0n) is 77.9. The number of amides is 5. The lowest BCUT2D eigenvalue weighted by Gasteiger charge is -2.38. The molecular weight excluding hydrogens is 1690 g/mol. The lowest BCUT2D eigenvalue weighted by atomic mass is 9.98. The first-order valence-corrected chi connectivity index (χ1v) is 47.0. The molecule has 10 aliphatic rings. The predicted octanol–water partition coefficient (Wildman–Crippen LogP) is 18.7. The van der Waals surface area contributed by atoms with Crippen molar-refractivity contribution in [2.24, 2.45) is 5.92 Å². The molecule has 710 valence electrons. The number of anilines is 5. The molecular formula is C102H133F4N21O6. The van der Waals surface area contributed by atoms with Crippen molar-refractivity contribution in [1.29, 1.82) is 0 Å². The van der Waals surface area contributed by atoms with E-state index in [9.17, 15) is 41.5 Å². The Morgan fingerprint density at radius 2 is 0.677 bits per heavy atom. The van der Waals surface area contributed by atoms with Crippen LogP contribution >= 0.6 is 0 Å². The Labute approximate surface area is 776 Å². The molecule has 5 aliphatic heterocycles. The number of methoxy groups -OCH3 is 1. The summed E-state index contributed by atoms with van der Waals surface area (Å²) in [4.78, 5) is 113. The highest BCUT2D eigenvalue weighted by Gasteiger charge is 2.56. The molecule has 133 heavy (non-hydrogen) atoms. The van der Waals surface area contributed by atoms with Gasteiger partial charge in [-0.25, -0.2) is 47.5 Å². The number of H-pyrrole nitrogens is 5. The number of fused-ring (bicyclic) bond motifs is 5. The average Bonchev–Trinajstić information content (AvgIpc) is 1.60. The highest BCUT2D eigenvalue weighted by molar-refractivity contribution is 5.98. The van der Waals surface area contributed by atoms with Crippen LogP contribution in [0.15, 0.2) is 149 Å². The van der Waals surface area contributed by atoms with Crippen molar-refractivity contribution in [3.63, 3.8) is 0 Å². The van der Waals surface area contributed by atoms with E-state index >= 15 is 0 Å². The number of carbonyl (C=O) groups is 5. The van der Waals surface area contributed by atoms with Gasteiger partial charge in [0, 0.05) is 236 Å². The van der Waals surface area contributed by atoms with Crippen molar-refractivity contribution in [3.8, 4) is 0 Å². The summed E-state index contributed by atoms with van der Waals surface area (Å²) in [6.45, 7) is 41.0. The third kappa shape index (κ3) is 20.6. The molecule has 10 aromatic rings.